The summed E-state index contributed by atoms with van der Waals surface area (Å²) in [7, 11) is 0. The van der Waals surface area contributed by atoms with E-state index in [2.05, 4.69) is 49.9 Å². The summed E-state index contributed by atoms with van der Waals surface area (Å²) in [6, 6.07) is 2.45. The van der Waals surface area contributed by atoms with Crippen LogP contribution in [0.25, 0.3) is 11.4 Å². The lowest BCUT2D eigenvalue weighted by atomic mass is 10.0. The summed E-state index contributed by atoms with van der Waals surface area (Å²) in [5.74, 6) is 2.85. The Labute approximate surface area is 225 Å². The van der Waals surface area contributed by atoms with Gasteiger partial charge < -0.3 is 9.64 Å². The second-order valence-corrected chi connectivity index (χ2v) is 11.3. The van der Waals surface area contributed by atoms with Gasteiger partial charge in [-0.1, -0.05) is 32.8 Å². The summed E-state index contributed by atoms with van der Waals surface area (Å²) in [6.45, 7) is 11.9. The maximum Gasteiger partial charge on any atom is 0.412 e. The molecule has 1 fully saturated rings. The van der Waals surface area contributed by atoms with Gasteiger partial charge in [0.1, 0.15) is 11.4 Å². The van der Waals surface area contributed by atoms with E-state index >= 15 is 0 Å². The molecule has 1 saturated carbocycles. The van der Waals surface area contributed by atoms with Crippen LogP contribution in [0.5, 0.6) is 0 Å². The molecule has 4 heterocycles. The van der Waals surface area contributed by atoms with E-state index < -0.39 is 11.7 Å². The number of carbonyl (C=O) groups excluding carboxylic acids is 1. The minimum Gasteiger partial charge on any atom is -0.444 e. The number of nitrogens with one attached hydrogen (secondary N) is 1. The van der Waals surface area contributed by atoms with Crippen molar-refractivity contribution in [3.05, 3.63) is 47.3 Å². The molecule has 2 aromatic heterocycles. The van der Waals surface area contributed by atoms with Crippen molar-refractivity contribution in [1.29, 1.82) is 0 Å². The number of nitrogens with zero attached hydrogens (tertiary/aromatic N) is 6. The number of pyridine rings is 1. The maximum atomic E-state index is 12.7. The predicted molar refractivity (Wildman–Crippen MR) is 150 cm³/mol. The molecule has 0 saturated heterocycles. The summed E-state index contributed by atoms with van der Waals surface area (Å²) < 4.78 is 7.73. The number of carbonyl (C=O) groups is 1. The Morgan fingerprint density at radius 3 is 2.63 bits per heavy atom. The van der Waals surface area contributed by atoms with Crippen molar-refractivity contribution >= 4 is 29.0 Å². The van der Waals surface area contributed by atoms with Gasteiger partial charge in [-0.15, -0.1) is 10.2 Å². The molecule has 1 atom stereocenters. The highest BCUT2D eigenvalue weighted by Crippen LogP contribution is 2.43. The van der Waals surface area contributed by atoms with Crippen molar-refractivity contribution in [2.45, 2.75) is 104 Å². The lowest BCUT2D eigenvalue weighted by molar-refractivity contribution is 0.0636. The Balaban J connectivity index is 1.65. The summed E-state index contributed by atoms with van der Waals surface area (Å²) in [5.41, 5.74) is 3.96. The third kappa shape index (κ3) is 4.86. The van der Waals surface area contributed by atoms with Gasteiger partial charge in [0.05, 0.1) is 29.3 Å². The minimum atomic E-state index is -0.602. The van der Waals surface area contributed by atoms with Crippen molar-refractivity contribution in [2.24, 2.45) is 4.99 Å². The SMILES string of the molecule is CCC1=C(c2ccncc2NC(=O)OC(C)(C)C)N=C2C(=CC1)n1c(C)nnc1C(CC)N2C1CCCC1. The van der Waals surface area contributed by atoms with Gasteiger partial charge in [-0.05, 0) is 71.4 Å². The van der Waals surface area contributed by atoms with E-state index in [-0.39, 0.29) is 6.04 Å². The number of rotatable bonds is 5. The quantitative estimate of drug-likeness (QED) is 0.486. The maximum absolute atomic E-state index is 12.7. The van der Waals surface area contributed by atoms with Crippen LogP contribution in [0.15, 0.2) is 35.1 Å². The first-order valence-electron chi connectivity index (χ1n) is 13.9. The number of aromatic nitrogens is 4. The number of hydrogen-bond acceptors (Lipinski definition) is 7. The van der Waals surface area contributed by atoms with Crippen molar-refractivity contribution in [2.75, 3.05) is 5.32 Å². The fourth-order valence-corrected chi connectivity index (χ4v) is 5.86. The first kappa shape index (κ1) is 26.1. The normalized spacial score (nSPS) is 19.9. The number of ether oxygens (including phenoxy) is 1. The van der Waals surface area contributed by atoms with Crippen LogP contribution in [0.2, 0.25) is 0 Å². The Kier molecular flexibility index (Phi) is 7.11. The second kappa shape index (κ2) is 10.3. The van der Waals surface area contributed by atoms with Crippen LogP contribution < -0.4 is 5.32 Å². The minimum absolute atomic E-state index is 0.108. The van der Waals surface area contributed by atoms with Crippen molar-refractivity contribution < 1.29 is 9.53 Å². The molecule has 0 spiro atoms. The fourth-order valence-electron chi connectivity index (χ4n) is 5.86. The molecular weight excluding hydrogens is 478 g/mol. The second-order valence-electron chi connectivity index (χ2n) is 11.3. The van der Waals surface area contributed by atoms with Crippen molar-refractivity contribution in [1.82, 2.24) is 24.6 Å². The van der Waals surface area contributed by atoms with E-state index in [1.54, 1.807) is 12.4 Å². The third-order valence-corrected chi connectivity index (χ3v) is 7.54. The van der Waals surface area contributed by atoms with Gasteiger partial charge in [0, 0.05) is 17.8 Å². The van der Waals surface area contributed by atoms with E-state index in [1.165, 1.54) is 18.4 Å². The lowest BCUT2D eigenvalue weighted by Gasteiger charge is -2.42. The van der Waals surface area contributed by atoms with Crippen molar-refractivity contribution in [3.8, 4) is 0 Å². The summed E-state index contributed by atoms with van der Waals surface area (Å²) in [4.78, 5) is 25.0. The highest BCUT2D eigenvalue weighted by Gasteiger charge is 2.41. The Morgan fingerprint density at radius 1 is 1.18 bits per heavy atom. The molecule has 1 unspecified atom stereocenters. The zero-order valence-corrected chi connectivity index (χ0v) is 23.4. The average Bonchev–Trinajstić information content (AvgIpc) is 3.49. The highest BCUT2D eigenvalue weighted by atomic mass is 16.6. The van der Waals surface area contributed by atoms with Gasteiger partial charge in [-0.25, -0.2) is 9.79 Å². The van der Waals surface area contributed by atoms with Crippen LogP contribution >= 0.6 is 0 Å². The van der Waals surface area contributed by atoms with Crippen LogP contribution in [0.1, 0.15) is 103 Å². The van der Waals surface area contributed by atoms with Crippen LogP contribution in [0, 0.1) is 6.92 Å². The zero-order chi connectivity index (χ0) is 27.0. The van der Waals surface area contributed by atoms with Gasteiger partial charge in [0.25, 0.3) is 0 Å². The van der Waals surface area contributed by atoms with Gasteiger partial charge >= 0.3 is 6.09 Å². The van der Waals surface area contributed by atoms with E-state index in [0.717, 1.165) is 66.5 Å². The molecule has 1 N–H and O–H groups in total. The van der Waals surface area contributed by atoms with Crippen molar-refractivity contribution in [3.63, 3.8) is 0 Å². The topological polar surface area (TPSA) is 97.5 Å². The molecule has 1 amide bonds. The first-order chi connectivity index (χ1) is 18.2. The van der Waals surface area contributed by atoms with Crippen LogP contribution in [-0.4, -0.2) is 48.2 Å². The number of aryl methyl sites for hydroxylation is 1. The Hall–Kier alpha value is -3.49. The molecule has 2 aromatic rings. The molecule has 0 aromatic carbocycles. The number of fused-ring (bicyclic) bond motifs is 3. The van der Waals surface area contributed by atoms with E-state index in [0.29, 0.717) is 11.7 Å². The number of amides is 1. The summed E-state index contributed by atoms with van der Waals surface area (Å²) in [6.07, 6.45) is 12.4. The Bertz CT molecular complexity index is 1310. The van der Waals surface area contributed by atoms with Gasteiger partial charge in [-0.2, -0.15) is 0 Å². The van der Waals surface area contributed by atoms with Crippen LogP contribution in [-0.2, 0) is 4.74 Å². The van der Waals surface area contributed by atoms with Crippen LogP contribution in [0.3, 0.4) is 0 Å². The fraction of sp³-hybridized carbons (Fsp3) is 0.552. The third-order valence-electron chi connectivity index (χ3n) is 7.54. The molecule has 38 heavy (non-hydrogen) atoms. The molecule has 9 nitrogen and oxygen atoms in total. The highest BCUT2D eigenvalue weighted by molar-refractivity contribution is 6.20. The molecule has 2 aliphatic heterocycles. The van der Waals surface area contributed by atoms with Crippen LogP contribution in [0.4, 0.5) is 10.5 Å². The molecule has 3 aliphatic rings. The number of anilines is 1. The standard InChI is InChI=1S/C29H39N7O2/c1-7-19-13-14-24-26(32-25(19)21-15-16-30-17-22(21)31-28(37)38-29(4,5)6)36(20-11-9-10-12-20)23(8-2)27-34-33-18(3)35(24)27/h14-17,20,23H,7-13H2,1-6H3,(H,31,37). The average molecular weight is 518 g/mol. The monoisotopic (exact) mass is 517 g/mol. The number of amidine groups is 1. The molecule has 0 bridgehead atoms. The Morgan fingerprint density at radius 2 is 1.95 bits per heavy atom. The summed E-state index contributed by atoms with van der Waals surface area (Å²) >= 11 is 0. The van der Waals surface area contributed by atoms with Gasteiger partial charge in [0.2, 0.25) is 0 Å². The molecule has 1 aliphatic carbocycles. The summed E-state index contributed by atoms with van der Waals surface area (Å²) in [5, 5.41) is 12.0. The molecule has 202 valence electrons. The molecule has 9 heteroatoms. The smallest absolute Gasteiger partial charge is 0.412 e. The van der Waals surface area contributed by atoms with E-state index in [9.17, 15) is 4.79 Å². The zero-order valence-electron chi connectivity index (χ0n) is 23.4. The number of aliphatic imine (C=N–C) groups is 1. The van der Waals surface area contributed by atoms with Gasteiger partial charge in [-0.3, -0.25) is 14.9 Å². The van der Waals surface area contributed by atoms with Gasteiger partial charge in [0.15, 0.2) is 11.7 Å². The first-order valence-corrected chi connectivity index (χ1v) is 13.9. The molecule has 5 rings (SSSR count). The number of hydrogen-bond donors (Lipinski definition) is 1. The van der Waals surface area contributed by atoms with E-state index in [4.69, 9.17) is 9.73 Å². The van der Waals surface area contributed by atoms with E-state index in [1.807, 2.05) is 33.8 Å². The molecular formula is C29H39N7O2. The molecule has 0 radical (unpaired) electrons. The number of allylic oxidation sites excluding steroid dienone is 2. The largest absolute Gasteiger partial charge is 0.444 e. The predicted octanol–water partition coefficient (Wildman–Crippen LogP) is 6.50. The lowest BCUT2D eigenvalue weighted by Crippen LogP contribution is -2.47.